The molecule has 0 aliphatic carbocycles. The lowest BCUT2D eigenvalue weighted by Gasteiger charge is -2.20. The third-order valence-corrected chi connectivity index (χ3v) is 7.38. The fourth-order valence-corrected chi connectivity index (χ4v) is 5.15. The van der Waals surface area contributed by atoms with Crippen molar-refractivity contribution in [3.63, 3.8) is 0 Å². The van der Waals surface area contributed by atoms with Crippen molar-refractivity contribution in [3.8, 4) is 16.9 Å². The highest BCUT2D eigenvalue weighted by Crippen LogP contribution is 2.28. The van der Waals surface area contributed by atoms with Gasteiger partial charge in [0, 0.05) is 42.1 Å². The number of nitrogens with zero attached hydrogens (tertiary/aromatic N) is 7. The highest BCUT2D eigenvalue weighted by molar-refractivity contribution is 6.31. The summed E-state index contributed by atoms with van der Waals surface area (Å²) >= 11 is 12.3. The van der Waals surface area contributed by atoms with Gasteiger partial charge in [0.25, 0.3) is 5.56 Å². The van der Waals surface area contributed by atoms with Gasteiger partial charge in [0.1, 0.15) is 6.04 Å². The Kier molecular flexibility index (Phi) is 7.56. The van der Waals surface area contributed by atoms with Crippen LogP contribution in [-0.2, 0) is 24.8 Å². The second-order valence-electron chi connectivity index (χ2n) is 9.75. The lowest BCUT2D eigenvalue weighted by Crippen LogP contribution is -2.38. The van der Waals surface area contributed by atoms with Crippen molar-refractivity contribution < 1.29 is 4.79 Å². The van der Waals surface area contributed by atoms with Crippen LogP contribution in [-0.4, -0.2) is 40.2 Å². The first kappa shape index (κ1) is 27.4. The molecular formula is C30H24Cl2N8O2. The molecule has 6 aromatic rings. The Morgan fingerprint density at radius 3 is 2.60 bits per heavy atom. The molecule has 3 aromatic carbocycles. The van der Waals surface area contributed by atoms with Gasteiger partial charge in [-0.3, -0.25) is 18.8 Å². The molecule has 210 valence electrons. The zero-order valence-corrected chi connectivity index (χ0v) is 23.9. The molecule has 0 unspecified atom stereocenters. The summed E-state index contributed by atoms with van der Waals surface area (Å²) in [5, 5.41) is 16.8. The smallest absolute Gasteiger partial charge is 0.254 e. The minimum atomic E-state index is -0.837. The molecule has 0 aliphatic heterocycles. The summed E-state index contributed by atoms with van der Waals surface area (Å²) in [4.78, 5) is 31.7. The van der Waals surface area contributed by atoms with Crippen LogP contribution in [0.5, 0.6) is 0 Å². The van der Waals surface area contributed by atoms with Gasteiger partial charge in [-0.05, 0) is 41.5 Å². The van der Waals surface area contributed by atoms with E-state index in [2.05, 4.69) is 25.7 Å². The zero-order chi connectivity index (χ0) is 29.2. The molecule has 0 bridgehead atoms. The maximum Gasteiger partial charge on any atom is 0.254 e. The van der Waals surface area contributed by atoms with Crippen LogP contribution in [0.4, 0.5) is 0 Å². The summed E-state index contributed by atoms with van der Waals surface area (Å²) in [5.41, 5.74) is 3.95. The van der Waals surface area contributed by atoms with E-state index in [9.17, 15) is 9.59 Å². The molecule has 1 N–H and O–H groups in total. The molecule has 10 nitrogen and oxygen atoms in total. The number of aryl methyl sites for hydroxylation is 1. The number of hydrogen-bond acceptors (Lipinski definition) is 6. The first-order valence-corrected chi connectivity index (χ1v) is 13.8. The molecule has 12 heteroatoms. The molecule has 0 saturated carbocycles. The lowest BCUT2D eigenvalue weighted by atomic mass is 10.0. The molecule has 0 aliphatic rings. The number of amides is 1. The van der Waals surface area contributed by atoms with Crippen LogP contribution in [0.3, 0.4) is 0 Å². The molecule has 0 radical (unpaired) electrons. The Morgan fingerprint density at radius 1 is 1.00 bits per heavy atom. The van der Waals surface area contributed by atoms with Crippen molar-refractivity contribution in [2.75, 3.05) is 0 Å². The van der Waals surface area contributed by atoms with Gasteiger partial charge < -0.3 is 5.32 Å². The number of fused-ring (bicyclic) bond motifs is 1. The van der Waals surface area contributed by atoms with Crippen LogP contribution < -0.4 is 10.9 Å². The molecule has 42 heavy (non-hydrogen) atoms. The molecule has 3 aromatic heterocycles. The van der Waals surface area contributed by atoms with Crippen LogP contribution >= 0.6 is 23.2 Å². The van der Waals surface area contributed by atoms with Gasteiger partial charge in [0.15, 0.2) is 5.15 Å². The van der Waals surface area contributed by atoms with Gasteiger partial charge in [-0.25, -0.2) is 9.67 Å². The summed E-state index contributed by atoms with van der Waals surface area (Å²) < 4.78 is 4.63. The lowest BCUT2D eigenvalue weighted by molar-refractivity contribution is -0.124. The third-order valence-electron chi connectivity index (χ3n) is 6.97. The van der Waals surface area contributed by atoms with E-state index in [4.69, 9.17) is 23.2 Å². The number of hydrogen-bond donors (Lipinski definition) is 1. The number of aromatic nitrogens is 7. The van der Waals surface area contributed by atoms with E-state index in [1.54, 1.807) is 35.3 Å². The minimum Gasteiger partial charge on any atom is -0.350 e. The molecule has 3 heterocycles. The summed E-state index contributed by atoms with van der Waals surface area (Å²) in [7, 11) is 1.88. The van der Waals surface area contributed by atoms with Gasteiger partial charge in [-0.2, -0.15) is 5.10 Å². The average Bonchev–Trinajstić information content (AvgIpc) is 3.60. The second-order valence-corrected chi connectivity index (χ2v) is 10.6. The normalized spacial score (nSPS) is 12.0. The van der Waals surface area contributed by atoms with E-state index < -0.39 is 11.6 Å². The maximum absolute atomic E-state index is 13.6. The van der Waals surface area contributed by atoms with Crippen LogP contribution in [0.1, 0.15) is 17.2 Å². The van der Waals surface area contributed by atoms with Crippen molar-refractivity contribution >= 4 is 40.0 Å². The predicted octanol–water partition coefficient (Wildman–Crippen LogP) is 4.78. The first-order valence-electron chi connectivity index (χ1n) is 13.0. The highest BCUT2D eigenvalue weighted by Gasteiger charge is 2.23. The largest absolute Gasteiger partial charge is 0.350 e. The summed E-state index contributed by atoms with van der Waals surface area (Å²) in [6.45, 7) is 0.293. The Balaban J connectivity index is 1.31. The second kappa shape index (κ2) is 11.6. The number of carbonyl (C=O) groups excluding carboxylic acids is 1. The fourth-order valence-electron chi connectivity index (χ4n) is 4.85. The maximum atomic E-state index is 13.6. The van der Waals surface area contributed by atoms with Crippen LogP contribution in [0.25, 0.3) is 27.8 Å². The van der Waals surface area contributed by atoms with Crippen molar-refractivity contribution in [2.24, 2.45) is 7.05 Å². The standard InChI is InChI=1S/C30H24Cl2N8O2/c1-38-25-9-7-20(11-21(25)16-35-38)15-33-30(42)27(12-19-5-3-2-4-6-19)39-18-34-24(14-29(39)41)23-13-22(31)8-10-26(23)40-17-28(32)36-37-40/h2-11,13-14,16-18,27H,12,15H2,1H3,(H,33,42)/t27-/m0/s1. The van der Waals surface area contributed by atoms with Crippen molar-refractivity contribution in [1.29, 1.82) is 0 Å². The Labute approximate surface area is 250 Å². The highest BCUT2D eigenvalue weighted by atomic mass is 35.5. The zero-order valence-electron chi connectivity index (χ0n) is 22.4. The molecular weight excluding hydrogens is 575 g/mol. The quantitative estimate of drug-likeness (QED) is 0.270. The fraction of sp³-hybridized carbons (Fsp3) is 0.133. The Bertz CT molecular complexity index is 1970. The SMILES string of the molecule is Cn1ncc2cc(CNC(=O)[C@H](Cc3ccccc3)n3cnc(-c4cc(Cl)ccc4-n4cc(Cl)nn4)cc3=O)ccc21. The average molecular weight is 599 g/mol. The van der Waals surface area contributed by atoms with E-state index in [-0.39, 0.29) is 11.1 Å². The first-order chi connectivity index (χ1) is 20.4. The van der Waals surface area contributed by atoms with Crippen LogP contribution in [0.2, 0.25) is 10.2 Å². The molecule has 0 saturated heterocycles. The number of benzene rings is 3. The van der Waals surface area contributed by atoms with Gasteiger partial charge in [0.05, 0.1) is 35.6 Å². The Hall–Kier alpha value is -4.80. The van der Waals surface area contributed by atoms with Crippen LogP contribution in [0, 0.1) is 0 Å². The number of nitrogens with one attached hydrogen (secondary N) is 1. The molecule has 6 rings (SSSR count). The monoisotopic (exact) mass is 598 g/mol. The third kappa shape index (κ3) is 5.67. The predicted molar refractivity (Wildman–Crippen MR) is 161 cm³/mol. The number of rotatable bonds is 8. The van der Waals surface area contributed by atoms with E-state index in [1.165, 1.54) is 21.6 Å². The van der Waals surface area contributed by atoms with Crippen molar-refractivity contribution in [1.82, 2.24) is 39.6 Å². The summed E-state index contributed by atoms with van der Waals surface area (Å²) in [6.07, 6.45) is 5.02. The van der Waals surface area contributed by atoms with E-state index in [1.807, 2.05) is 55.6 Å². The van der Waals surface area contributed by atoms with E-state index in [0.29, 0.717) is 34.9 Å². The van der Waals surface area contributed by atoms with Crippen molar-refractivity contribution in [2.45, 2.75) is 19.0 Å². The number of halogens is 2. The van der Waals surface area contributed by atoms with E-state index >= 15 is 0 Å². The van der Waals surface area contributed by atoms with E-state index in [0.717, 1.165) is 22.0 Å². The number of carbonyl (C=O) groups is 1. The van der Waals surface area contributed by atoms with Crippen molar-refractivity contribution in [3.05, 3.63) is 123 Å². The van der Waals surface area contributed by atoms with Gasteiger partial charge in [-0.1, -0.05) is 64.8 Å². The molecule has 1 atom stereocenters. The van der Waals surface area contributed by atoms with Gasteiger partial charge >= 0.3 is 0 Å². The van der Waals surface area contributed by atoms with Gasteiger partial charge in [0.2, 0.25) is 5.91 Å². The topological polar surface area (TPSA) is 113 Å². The van der Waals surface area contributed by atoms with Crippen LogP contribution in [0.15, 0.2) is 96.3 Å². The summed E-state index contributed by atoms with van der Waals surface area (Å²) in [5.74, 6) is -0.303. The molecule has 0 spiro atoms. The Morgan fingerprint density at radius 2 is 1.83 bits per heavy atom. The summed E-state index contributed by atoms with van der Waals surface area (Å²) in [6, 6.07) is 21.1. The molecule has 0 fully saturated rings. The minimum absolute atomic E-state index is 0.217. The molecule has 1 amide bonds. The van der Waals surface area contributed by atoms with Gasteiger partial charge in [-0.15, -0.1) is 5.10 Å².